The maximum Gasteiger partial charge on any atom is 0.433 e. The van der Waals surface area contributed by atoms with Crippen molar-refractivity contribution in [2.75, 3.05) is 11.9 Å². The maximum atomic E-state index is 12.6. The molecule has 1 unspecified atom stereocenters. The molecule has 0 saturated carbocycles. The van der Waals surface area contributed by atoms with Gasteiger partial charge in [-0.25, -0.2) is 4.98 Å². The monoisotopic (exact) mass is 317 g/mol. The molecular formula is C11H13F6N3O. The molecule has 120 valence electrons. The van der Waals surface area contributed by atoms with E-state index in [0.29, 0.717) is 19.4 Å². The van der Waals surface area contributed by atoms with Gasteiger partial charge >= 0.3 is 12.4 Å². The van der Waals surface area contributed by atoms with Crippen LogP contribution in [0.15, 0.2) is 6.07 Å². The highest BCUT2D eigenvalue weighted by Crippen LogP contribution is 2.31. The zero-order valence-corrected chi connectivity index (χ0v) is 11.1. The number of halogens is 6. The molecule has 1 atom stereocenters. The molecule has 0 aromatic carbocycles. The predicted octanol–water partition coefficient (Wildman–Crippen LogP) is 3.65. The molecule has 0 fully saturated rings. The average Bonchev–Trinajstić information content (AvgIpc) is 2.34. The Morgan fingerprint density at radius 1 is 1.19 bits per heavy atom. The molecule has 1 rings (SSSR count). The lowest BCUT2D eigenvalue weighted by molar-refractivity contribution is -0.190. The quantitative estimate of drug-likeness (QED) is 0.842. The van der Waals surface area contributed by atoms with E-state index in [1.807, 2.05) is 0 Å². The molecule has 0 aliphatic carbocycles. The van der Waals surface area contributed by atoms with Gasteiger partial charge in [0.2, 0.25) is 11.8 Å². The van der Waals surface area contributed by atoms with Crippen LogP contribution in [0.5, 0.6) is 5.88 Å². The molecule has 4 nitrogen and oxygen atoms in total. The van der Waals surface area contributed by atoms with Crippen molar-refractivity contribution in [2.45, 2.75) is 38.7 Å². The number of ether oxygens (including phenoxy) is 1. The van der Waals surface area contributed by atoms with Crippen molar-refractivity contribution in [1.29, 1.82) is 0 Å². The first-order valence-corrected chi connectivity index (χ1v) is 5.97. The summed E-state index contributed by atoms with van der Waals surface area (Å²) in [6.45, 7) is 2.70. The van der Waals surface area contributed by atoms with Gasteiger partial charge in [0.25, 0.3) is 0 Å². The first kappa shape index (κ1) is 17.3. The molecule has 21 heavy (non-hydrogen) atoms. The fourth-order valence-corrected chi connectivity index (χ4v) is 1.19. The van der Waals surface area contributed by atoms with E-state index in [4.69, 9.17) is 0 Å². The Hall–Kier alpha value is -1.74. The second kappa shape index (κ2) is 6.35. The van der Waals surface area contributed by atoms with Gasteiger partial charge in [0.15, 0.2) is 11.8 Å². The third-order valence-corrected chi connectivity index (χ3v) is 2.28. The highest BCUT2D eigenvalue weighted by Gasteiger charge is 2.39. The zero-order valence-electron chi connectivity index (χ0n) is 11.1. The third kappa shape index (κ3) is 5.27. The molecule has 0 aliphatic heterocycles. The minimum atomic E-state index is -4.81. The highest BCUT2D eigenvalue weighted by molar-refractivity contribution is 5.32. The number of alkyl halides is 6. The Kier molecular flexibility index (Phi) is 5.24. The third-order valence-electron chi connectivity index (χ3n) is 2.28. The van der Waals surface area contributed by atoms with Crippen LogP contribution in [0.25, 0.3) is 0 Å². The molecular weight excluding hydrogens is 304 g/mol. The number of hydrogen-bond acceptors (Lipinski definition) is 4. The van der Waals surface area contributed by atoms with Crippen LogP contribution in [0.3, 0.4) is 0 Å². The summed E-state index contributed by atoms with van der Waals surface area (Å²) < 4.78 is 79.5. The van der Waals surface area contributed by atoms with E-state index < -0.39 is 36.0 Å². The summed E-state index contributed by atoms with van der Waals surface area (Å²) in [6.07, 6.45) is -11.2. The number of anilines is 1. The van der Waals surface area contributed by atoms with E-state index in [1.165, 1.54) is 0 Å². The second-order valence-electron chi connectivity index (χ2n) is 4.14. The Balaban J connectivity index is 3.07. The zero-order chi connectivity index (χ0) is 16.3. The van der Waals surface area contributed by atoms with Crippen molar-refractivity contribution >= 4 is 5.95 Å². The van der Waals surface area contributed by atoms with Gasteiger partial charge in [0, 0.05) is 12.6 Å². The topological polar surface area (TPSA) is 47.0 Å². The van der Waals surface area contributed by atoms with Gasteiger partial charge in [-0.3, -0.25) is 0 Å². The van der Waals surface area contributed by atoms with E-state index in [2.05, 4.69) is 20.0 Å². The van der Waals surface area contributed by atoms with Crippen LogP contribution in [0.4, 0.5) is 32.3 Å². The summed E-state index contributed by atoms with van der Waals surface area (Å²) in [4.78, 5) is 6.70. The molecule has 0 amide bonds. The molecule has 0 spiro atoms. The van der Waals surface area contributed by atoms with Crippen LogP contribution >= 0.6 is 0 Å². The maximum absolute atomic E-state index is 12.6. The average molecular weight is 317 g/mol. The van der Waals surface area contributed by atoms with Gasteiger partial charge in [0.1, 0.15) is 0 Å². The van der Waals surface area contributed by atoms with E-state index in [9.17, 15) is 26.3 Å². The summed E-state index contributed by atoms with van der Waals surface area (Å²) in [7, 11) is 0. The van der Waals surface area contributed by atoms with E-state index in [-0.39, 0.29) is 6.54 Å². The lowest BCUT2D eigenvalue weighted by Gasteiger charge is -2.18. The number of nitrogens with zero attached hydrogens (tertiary/aromatic N) is 2. The van der Waals surface area contributed by atoms with Crippen molar-refractivity contribution in [3.05, 3.63) is 11.8 Å². The van der Waals surface area contributed by atoms with Crippen LogP contribution in [-0.4, -0.2) is 28.8 Å². The fourth-order valence-electron chi connectivity index (χ4n) is 1.19. The Morgan fingerprint density at radius 3 is 2.29 bits per heavy atom. The van der Waals surface area contributed by atoms with Crippen LogP contribution in [0.2, 0.25) is 0 Å². The van der Waals surface area contributed by atoms with Crippen molar-refractivity contribution in [3.63, 3.8) is 0 Å². The molecule has 1 heterocycles. The number of rotatable bonds is 5. The summed E-state index contributed by atoms with van der Waals surface area (Å²) in [5, 5.41) is 2.48. The van der Waals surface area contributed by atoms with Crippen LogP contribution in [0.1, 0.15) is 26.0 Å². The van der Waals surface area contributed by atoms with Crippen LogP contribution < -0.4 is 10.1 Å². The number of aromatic nitrogens is 2. The number of nitrogens with one attached hydrogen (secondary N) is 1. The van der Waals surface area contributed by atoms with Gasteiger partial charge in [0.05, 0.1) is 0 Å². The van der Waals surface area contributed by atoms with E-state index >= 15 is 0 Å². The second-order valence-corrected chi connectivity index (χ2v) is 4.14. The molecule has 0 bridgehead atoms. The molecule has 1 aromatic heterocycles. The van der Waals surface area contributed by atoms with Gasteiger partial charge in [-0.15, -0.1) is 0 Å². The summed E-state index contributed by atoms with van der Waals surface area (Å²) in [5.74, 6) is -1.23. The molecule has 1 N–H and O–H groups in total. The van der Waals surface area contributed by atoms with Crippen LogP contribution in [0, 0.1) is 0 Å². The minimum Gasteiger partial charge on any atom is -0.465 e. The van der Waals surface area contributed by atoms with E-state index in [0.717, 1.165) is 0 Å². The smallest absolute Gasteiger partial charge is 0.433 e. The Bertz CT molecular complexity index is 474. The van der Waals surface area contributed by atoms with Gasteiger partial charge in [-0.05, 0) is 13.3 Å². The molecule has 0 aliphatic rings. The lowest BCUT2D eigenvalue weighted by Crippen LogP contribution is -2.31. The Morgan fingerprint density at radius 2 is 1.81 bits per heavy atom. The normalized spacial score (nSPS) is 13.9. The molecule has 0 saturated heterocycles. The molecule has 0 radical (unpaired) electrons. The summed E-state index contributed by atoms with van der Waals surface area (Å²) in [5.41, 5.74) is -1.37. The first-order valence-electron chi connectivity index (χ1n) is 5.97. The van der Waals surface area contributed by atoms with Gasteiger partial charge in [-0.2, -0.15) is 31.3 Å². The molecule has 1 aromatic rings. The standard InChI is InChI=1S/C11H13F6N3O/c1-3-4-18-9-19-7(11(15,16)17)5-8(20-9)21-6(2)10(12,13)14/h5-6H,3-4H2,1-2H3,(H,18,19,20). The highest BCUT2D eigenvalue weighted by atomic mass is 19.4. The summed E-state index contributed by atoms with van der Waals surface area (Å²) >= 11 is 0. The molecule has 10 heteroatoms. The largest absolute Gasteiger partial charge is 0.465 e. The first-order chi connectivity index (χ1) is 9.54. The SMILES string of the molecule is CCCNc1nc(OC(C)C(F)(F)F)cc(C(F)(F)F)n1. The fraction of sp³-hybridized carbons (Fsp3) is 0.636. The van der Waals surface area contributed by atoms with E-state index in [1.54, 1.807) is 6.92 Å². The number of hydrogen-bond donors (Lipinski definition) is 1. The lowest BCUT2D eigenvalue weighted by atomic mass is 10.3. The van der Waals surface area contributed by atoms with Crippen molar-refractivity contribution < 1.29 is 31.1 Å². The minimum absolute atomic E-state index is 0.273. The predicted molar refractivity (Wildman–Crippen MR) is 62.0 cm³/mol. The van der Waals surface area contributed by atoms with Crippen molar-refractivity contribution in [2.24, 2.45) is 0 Å². The Labute approximate surface area is 116 Å². The van der Waals surface area contributed by atoms with Crippen molar-refractivity contribution in [3.8, 4) is 5.88 Å². The van der Waals surface area contributed by atoms with Gasteiger partial charge < -0.3 is 10.1 Å². The summed E-state index contributed by atoms with van der Waals surface area (Å²) in [6, 6.07) is 0.333. The van der Waals surface area contributed by atoms with Gasteiger partial charge in [-0.1, -0.05) is 6.92 Å². The van der Waals surface area contributed by atoms with Crippen molar-refractivity contribution in [1.82, 2.24) is 9.97 Å². The van der Waals surface area contributed by atoms with Crippen LogP contribution in [-0.2, 0) is 6.18 Å².